The zero-order chi connectivity index (χ0) is 19.1. The Hall–Kier alpha value is -3.48. The van der Waals surface area contributed by atoms with Crippen molar-refractivity contribution in [3.63, 3.8) is 0 Å². The number of benzene rings is 2. The fraction of sp³-hybridized carbons (Fsp3) is 0.150. The van der Waals surface area contributed by atoms with E-state index in [-0.39, 0.29) is 18.1 Å². The maximum atomic E-state index is 13.6. The van der Waals surface area contributed by atoms with Crippen LogP contribution in [0.5, 0.6) is 5.75 Å². The van der Waals surface area contributed by atoms with Gasteiger partial charge in [0, 0.05) is 24.2 Å². The summed E-state index contributed by atoms with van der Waals surface area (Å²) in [5, 5.41) is 13.7. The SMILES string of the molecule is COc1ccccc1CNc1ccc(C(=O)NCc2ccccc2F)nn1. The van der Waals surface area contributed by atoms with E-state index in [0.717, 1.165) is 11.3 Å². The van der Waals surface area contributed by atoms with Gasteiger partial charge < -0.3 is 15.4 Å². The van der Waals surface area contributed by atoms with Crippen molar-refractivity contribution in [3.8, 4) is 5.75 Å². The molecule has 0 aliphatic carbocycles. The largest absolute Gasteiger partial charge is 0.496 e. The predicted octanol–water partition coefficient (Wildman–Crippen LogP) is 3.17. The van der Waals surface area contributed by atoms with Gasteiger partial charge in [-0.1, -0.05) is 36.4 Å². The Kier molecular flexibility index (Phi) is 5.94. The van der Waals surface area contributed by atoms with Gasteiger partial charge >= 0.3 is 0 Å². The highest BCUT2D eigenvalue weighted by atomic mass is 19.1. The zero-order valence-electron chi connectivity index (χ0n) is 14.8. The van der Waals surface area contributed by atoms with Gasteiger partial charge in [0.2, 0.25) is 0 Å². The minimum absolute atomic E-state index is 0.0843. The average Bonchev–Trinajstić information content (AvgIpc) is 2.72. The molecule has 0 unspecified atom stereocenters. The molecule has 0 saturated carbocycles. The fourth-order valence-electron chi connectivity index (χ4n) is 2.49. The normalized spacial score (nSPS) is 10.3. The molecule has 1 heterocycles. The van der Waals surface area contributed by atoms with Gasteiger partial charge in [0.15, 0.2) is 5.69 Å². The molecule has 0 saturated heterocycles. The third-order valence-electron chi connectivity index (χ3n) is 3.95. The second kappa shape index (κ2) is 8.75. The molecule has 1 aromatic heterocycles. The number of amides is 1. The van der Waals surface area contributed by atoms with E-state index in [2.05, 4.69) is 20.8 Å². The van der Waals surface area contributed by atoms with Crippen molar-refractivity contribution in [1.29, 1.82) is 0 Å². The van der Waals surface area contributed by atoms with Crippen molar-refractivity contribution in [1.82, 2.24) is 15.5 Å². The second-order valence-electron chi connectivity index (χ2n) is 5.74. The molecule has 3 rings (SSSR count). The highest BCUT2D eigenvalue weighted by molar-refractivity contribution is 5.92. The van der Waals surface area contributed by atoms with Gasteiger partial charge in [-0.25, -0.2) is 4.39 Å². The quantitative estimate of drug-likeness (QED) is 0.672. The first-order valence-electron chi connectivity index (χ1n) is 8.38. The molecule has 0 bridgehead atoms. The van der Waals surface area contributed by atoms with Gasteiger partial charge in [-0.05, 0) is 24.3 Å². The highest BCUT2D eigenvalue weighted by Gasteiger charge is 2.10. The molecule has 27 heavy (non-hydrogen) atoms. The number of carbonyl (C=O) groups is 1. The zero-order valence-corrected chi connectivity index (χ0v) is 14.8. The summed E-state index contributed by atoms with van der Waals surface area (Å²) in [4.78, 5) is 12.1. The first-order chi connectivity index (χ1) is 13.2. The monoisotopic (exact) mass is 366 g/mol. The standard InChI is InChI=1S/C20H19FN4O2/c1-27-18-9-5-3-7-15(18)13-22-19-11-10-17(24-25-19)20(26)23-12-14-6-2-4-8-16(14)21/h2-11H,12-13H2,1H3,(H,22,25)(H,23,26). The average molecular weight is 366 g/mol. The number of rotatable bonds is 7. The Bertz CT molecular complexity index is 916. The summed E-state index contributed by atoms with van der Waals surface area (Å²) in [7, 11) is 1.62. The van der Waals surface area contributed by atoms with Gasteiger partial charge in [0.25, 0.3) is 5.91 Å². The van der Waals surface area contributed by atoms with E-state index in [1.54, 1.807) is 37.4 Å². The van der Waals surface area contributed by atoms with Crippen LogP contribution in [-0.2, 0) is 13.1 Å². The van der Waals surface area contributed by atoms with Crippen LogP contribution in [0.15, 0.2) is 60.7 Å². The molecule has 2 aromatic carbocycles. The van der Waals surface area contributed by atoms with Gasteiger partial charge in [0.1, 0.15) is 17.4 Å². The van der Waals surface area contributed by atoms with Crippen LogP contribution in [-0.4, -0.2) is 23.2 Å². The van der Waals surface area contributed by atoms with Crippen LogP contribution < -0.4 is 15.4 Å². The van der Waals surface area contributed by atoms with E-state index >= 15 is 0 Å². The summed E-state index contributed by atoms with van der Waals surface area (Å²) >= 11 is 0. The molecule has 0 aliphatic rings. The number of hydrogen-bond donors (Lipinski definition) is 2. The van der Waals surface area contributed by atoms with Gasteiger partial charge in [-0.15, -0.1) is 10.2 Å². The maximum Gasteiger partial charge on any atom is 0.272 e. The molecule has 2 N–H and O–H groups in total. The number of hydrogen-bond acceptors (Lipinski definition) is 5. The number of ether oxygens (including phenoxy) is 1. The number of para-hydroxylation sites is 1. The minimum Gasteiger partial charge on any atom is -0.496 e. The summed E-state index contributed by atoms with van der Waals surface area (Å²) in [5.74, 6) is 0.537. The van der Waals surface area contributed by atoms with Crippen molar-refractivity contribution in [2.75, 3.05) is 12.4 Å². The number of anilines is 1. The van der Waals surface area contributed by atoms with Crippen LogP contribution in [0.2, 0.25) is 0 Å². The van der Waals surface area contributed by atoms with Gasteiger partial charge in [-0.3, -0.25) is 4.79 Å². The Labute approximate surface area is 156 Å². The summed E-state index contributed by atoms with van der Waals surface area (Å²) in [6, 6.07) is 17.2. The molecular weight excluding hydrogens is 347 g/mol. The van der Waals surface area contributed by atoms with Gasteiger partial charge in [-0.2, -0.15) is 0 Å². The summed E-state index contributed by atoms with van der Waals surface area (Å²) < 4.78 is 18.9. The van der Waals surface area contributed by atoms with Crippen LogP contribution in [0, 0.1) is 5.82 Å². The fourth-order valence-corrected chi connectivity index (χ4v) is 2.49. The van der Waals surface area contributed by atoms with Crippen LogP contribution in [0.1, 0.15) is 21.6 Å². The van der Waals surface area contributed by atoms with E-state index in [0.29, 0.717) is 17.9 Å². The third kappa shape index (κ3) is 4.78. The maximum absolute atomic E-state index is 13.6. The van der Waals surface area contributed by atoms with Gasteiger partial charge in [0.05, 0.1) is 7.11 Å². The number of aromatic nitrogens is 2. The molecule has 6 nitrogen and oxygen atoms in total. The lowest BCUT2D eigenvalue weighted by Crippen LogP contribution is -2.24. The Morgan fingerprint density at radius 2 is 1.70 bits per heavy atom. The lowest BCUT2D eigenvalue weighted by Gasteiger charge is -2.10. The number of nitrogens with one attached hydrogen (secondary N) is 2. The van der Waals surface area contributed by atoms with E-state index in [4.69, 9.17) is 4.74 Å². The van der Waals surface area contributed by atoms with E-state index in [1.165, 1.54) is 6.07 Å². The first-order valence-corrected chi connectivity index (χ1v) is 8.38. The molecule has 0 spiro atoms. The van der Waals surface area contributed by atoms with Crippen LogP contribution in [0.3, 0.4) is 0 Å². The molecule has 1 amide bonds. The van der Waals surface area contributed by atoms with Crippen molar-refractivity contribution in [2.24, 2.45) is 0 Å². The van der Waals surface area contributed by atoms with Crippen LogP contribution in [0.25, 0.3) is 0 Å². The van der Waals surface area contributed by atoms with E-state index in [9.17, 15) is 9.18 Å². The predicted molar refractivity (Wildman–Crippen MR) is 99.9 cm³/mol. The van der Waals surface area contributed by atoms with Crippen molar-refractivity contribution in [3.05, 3.63) is 83.3 Å². The van der Waals surface area contributed by atoms with Crippen LogP contribution >= 0.6 is 0 Å². The summed E-state index contributed by atoms with van der Waals surface area (Å²) in [6.45, 7) is 0.596. The smallest absolute Gasteiger partial charge is 0.272 e. The lowest BCUT2D eigenvalue weighted by atomic mass is 10.2. The molecular formula is C20H19FN4O2. The van der Waals surface area contributed by atoms with Crippen LogP contribution in [0.4, 0.5) is 10.2 Å². The molecule has 0 aliphatic heterocycles. The highest BCUT2D eigenvalue weighted by Crippen LogP contribution is 2.18. The first kappa shape index (κ1) is 18.3. The van der Waals surface area contributed by atoms with Crippen molar-refractivity contribution < 1.29 is 13.9 Å². The number of halogens is 1. The number of nitrogens with zero attached hydrogens (tertiary/aromatic N) is 2. The Morgan fingerprint density at radius 3 is 2.41 bits per heavy atom. The minimum atomic E-state index is -0.415. The Balaban J connectivity index is 1.56. The van der Waals surface area contributed by atoms with Crippen molar-refractivity contribution >= 4 is 11.7 Å². The van der Waals surface area contributed by atoms with Crippen molar-refractivity contribution in [2.45, 2.75) is 13.1 Å². The number of methoxy groups -OCH3 is 1. The molecule has 0 radical (unpaired) electrons. The lowest BCUT2D eigenvalue weighted by molar-refractivity contribution is 0.0944. The molecule has 3 aromatic rings. The molecule has 7 heteroatoms. The third-order valence-corrected chi connectivity index (χ3v) is 3.95. The number of carbonyl (C=O) groups excluding carboxylic acids is 1. The summed E-state index contributed by atoms with van der Waals surface area (Å²) in [5.41, 5.74) is 1.55. The van der Waals surface area contributed by atoms with E-state index in [1.807, 2.05) is 24.3 Å². The topological polar surface area (TPSA) is 76.1 Å². The summed E-state index contributed by atoms with van der Waals surface area (Å²) in [6.07, 6.45) is 0. The molecule has 0 fully saturated rings. The van der Waals surface area contributed by atoms with E-state index < -0.39 is 5.91 Å². The Morgan fingerprint density at radius 1 is 0.963 bits per heavy atom. The second-order valence-corrected chi connectivity index (χ2v) is 5.74. The molecule has 138 valence electrons. The molecule has 0 atom stereocenters.